The van der Waals surface area contributed by atoms with Crippen LogP contribution in [-0.4, -0.2) is 28.9 Å². The summed E-state index contributed by atoms with van der Waals surface area (Å²) in [5.74, 6) is -0.109. The van der Waals surface area contributed by atoms with Gasteiger partial charge in [0.05, 0.1) is 17.5 Å². The second kappa shape index (κ2) is 3.84. The number of ether oxygens (including phenoxy) is 1. The first-order chi connectivity index (χ1) is 9.74. The van der Waals surface area contributed by atoms with Crippen molar-refractivity contribution in [2.24, 2.45) is 5.10 Å². The Hall–Kier alpha value is -2.82. The fourth-order valence-electron chi connectivity index (χ4n) is 2.59. The summed E-state index contributed by atoms with van der Waals surface area (Å²) in [5, 5.41) is 17.0. The zero-order chi connectivity index (χ0) is 13.7. The molecule has 0 aromatic heterocycles. The number of hydrogen-bond acceptors (Lipinski definition) is 4. The molecule has 3 heterocycles. The molecule has 5 nitrogen and oxygen atoms in total. The largest absolute Gasteiger partial charge is 0.489 e. The van der Waals surface area contributed by atoms with E-state index in [0.29, 0.717) is 6.61 Å². The Morgan fingerprint density at radius 2 is 2.25 bits per heavy atom. The summed E-state index contributed by atoms with van der Waals surface area (Å²) >= 11 is 0. The van der Waals surface area contributed by atoms with E-state index in [4.69, 9.17) is 9.84 Å². The molecule has 0 saturated heterocycles. The van der Waals surface area contributed by atoms with Gasteiger partial charge in [-0.2, -0.15) is 5.10 Å². The Morgan fingerprint density at radius 1 is 1.35 bits per heavy atom. The predicted molar refractivity (Wildman–Crippen MR) is 73.4 cm³/mol. The van der Waals surface area contributed by atoms with Gasteiger partial charge < -0.3 is 9.84 Å². The fraction of sp³-hybridized carbons (Fsp3) is 0.0667. The lowest BCUT2D eigenvalue weighted by Crippen LogP contribution is -2.37. The molecule has 20 heavy (non-hydrogen) atoms. The van der Waals surface area contributed by atoms with Crippen LogP contribution in [0.15, 0.2) is 41.2 Å². The van der Waals surface area contributed by atoms with Gasteiger partial charge in [-0.1, -0.05) is 0 Å². The summed E-state index contributed by atoms with van der Waals surface area (Å²) in [6.45, 7) is 0.566. The van der Waals surface area contributed by atoms with Crippen molar-refractivity contribution in [1.29, 1.82) is 0 Å². The number of hydrogen-bond donors (Lipinski definition) is 1. The van der Waals surface area contributed by atoms with Crippen molar-refractivity contribution < 1.29 is 14.6 Å². The van der Waals surface area contributed by atoms with E-state index < -0.39 is 5.97 Å². The van der Waals surface area contributed by atoms with Gasteiger partial charge in [0.1, 0.15) is 12.4 Å². The molecule has 3 aliphatic rings. The van der Waals surface area contributed by atoms with Gasteiger partial charge in [0, 0.05) is 22.2 Å². The summed E-state index contributed by atoms with van der Waals surface area (Å²) in [5.41, 5.74) is 2.09. The van der Waals surface area contributed by atoms with Gasteiger partial charge in [-0.3, -0.25) is 0 Å². The number of hydrazone groups is 1. The molecule has 4 rings (SSSR count). The number of fused-ring (bicyclic) bond motifs is 4. The van der Waals surface area contributed by atoms with Crippen LogP contribution >= 0.6 is 0 Å². The molecule has 0 aliphatic carbocycles. The highest BCUT2D eigenvalue weighted by Crippen LogP contribution is 2.20. The van der Waals surface area contributed by atoms with Crippen molar-refractivity contribution >= 4 is 24.0 Å². The summed E-state index contributed by atoms with van der Waals surface area (Å²) in [4.78, 5) is 11.0. The Balaban J connectivity index is 2.03. The molecule has 0 saturated carbocycles. The molecule has 0 atom stereocenters. The number of carboxylic acids is 1. The normalized spacial score (nSPS) is 17.7. The van der Waals surface area contributed by atoms with E-state index in [0.717, 1.165) is 27.4 Å². The first kappa shape index (κ1) is 11.0. The minimum atomic E-state index is -0.963. The molecule has 0 fully saturated rings. The number of carbonyl (C=O) groups is 1. The number of carboxylic acid groups (broad SMARTS) is 1. The van der Waals surface area contributed by atoms with Gasteiger partial charge in [0.2, 0.25) is 0 Å². The van der Waals surface area contributed by atoms with Gasteiger partial charge in [-0.05, 0) is 30.4 Å². The molecule has 1 aromatic carbocycles. The van der Waals surface area contributed by atoms with Gasteiger partial charge >= 0.3 is 5.97 Å². The first-order valence-corrected chi connectivity index (χ1v) is 6.21. The SMILES string of the molecule is O=C(O)C1=CN2N=Cc3ccc4c(c3=C2C=C1)=CCO4. The number of benzene rings is 1. The summed E-state index contributed by atoms with van der Waals surface area (Å²) in [6.07, 6.45) is 8.66. The average Bonchev–Trinajstić information content (AvgIpc) is 2.94. The van der Waals surface area contributed by atoms with Crippen LogP contribution < -0.4 is 15.2 Å². The topological polar surface area (TPSA) is 62.1 Å². The molecule has 0 radical (unpaired) electrons. The van der Waals surface area contributed by atoms with Gasteiger partial charge in [0.25, 0.3) is 0 Å². The van der Waals surface area contributed by atoms with Crippen LogP contribution in [0.4, 0.5) is 0 Å². The van der Waals surface area contributed by atoms with E-state index in [-0.39, 0.29) is 5.57 Å². The minimum absolute atomic E-state index is 0.210. The molecule has 3 aliphatic heterocycles. The van der Waals surface area contributed by atoms with Crippen molar-refractivity contribution in [3.05, 3.63) is 52.1 Å². The maximum Gasteiger partial charge on any atom is 0.337 e. The lowest BCUT2D eigenvalue weighted by atomic mass is 10.0. The third kappa shape index (κ3) is 1.43. The maximum absolute atomic E-state index is 11.0. The summed E-state index contributed by atoms with van der Waals surface area (Å²) in [6, 6.07) is 3.90. The summed E-state index contributed by atoms with van der Waals surface area (Å²) in [7, 11) is 0. The van der Waals surface area contributed by atoms with Crippen molar-refractivity contribution in [3.63, 3.8) is 0 Å². The highest BCUT2D eigenvalue weighted by molar-refractivity contribution is 5.93. The van der Waals surface area contributed by atoms with Crippen LogP contribution in [0, 0.1) is 0 Å². The van der Waals surface area contributed by atoms with E-state index in [1.54, 1.807) is 23.4 Å². The van der Waals surface area contributed by atoms with Gasteiger partial charge in [-0.25, -0.2) is 9.80 Å². The molecule has 5 heteroatoms. The Kier molecular flexibility index (Phi) is 2.12. The smallest absolute Gasteiger partial charge is 0.337 e. The monoisotopic (exact) mass is 266 g/mol. The molecule has 0 spiro atoms. The third-order valence-corrected chi connectivity index (χ3v) is 3.52. The van der Waals surface area contributed by atoms with E-state index in [1.807, 2.05) is 18.2 Å². The van der Waals surface area contributed by atoms with Gasteiger partial charge in [-0.15, -0.1) is 0 Å². The highest BCUT2D eigenvalue weighted by atomic mass is 16.5. The average molecular weight is 266 g/mol. The van der Waals surface area contributed by atoms with E-state index in [2.05, 4.69) is 5.10 Å². The standard InChI is InChI=1S/C15H10N2O3/c18-15(19)10-1-3-12-14-9(7-16-17(12)8-10)2-4-13-11(14)5-6-20-13/h1-5,7-8H,6H2,(H,18,19). The van der Waals surface area contributed by atoms with Crippen LogP contribution in [0.1, 0.15) is 5.56 Å². The van der Waals surface area contributed by atoms with Gasteiger partial charge in [0.15, 0.2) is 0 Å². The zero-order valence-corrected chi connectivity index (χ0v) is 10.4. The lowest BCUT2D eigenvalue weighted by molar-refractivity contribution is -0.132. The van der Waals surface area contributed by atoms with Crippen LogP contribution in [-0.2, 0) is 4.79 Å². The number of aliphatic carboxylic acids is 1. The van der Waals surface area contributed by atoms with Crippen molar-refractivity contribution in [3.8, 4) is 5.75 Å². The Morgan fingerprint density at radius 3 is 3.10 bits per heavy atom. The van der Waals surface area contributed by atoms with Crippen LogP contribution in [0.25, 0.3) is 11.8 Å². The Labute approximate surface area is 114 Å². The maximum atomic E-state index is 11.0. The zero-order valence-electron chi connectivity index (χ0n) is 10.4. The molecule has 0 unspecified atom stereocenters. The molecule has 0 bridgehead atoms. The second-order valence-corrected chi connectivity index (χ2v) is 4.65. The Bertz CT molecular complexity index is 847. The molecular formula is C15H10N2O3. The number of rotatable bonds is 1. The van der Waals surface area contributed by atoms with Crippen molar-refractivity contribution in [2.75, 3.05) is 6.61 Å². The fourth-order valence-corrected chi connectivity index (χ4v) is 2.59. The van der Waals surface area contributed by atoms with Crippen LogP contribution in [0.2, 0.25) is 0 Å². The molecule has 1 N–H and O–H groups in total. The van der Waals surface area contributed by atoms with Crippen LogP contribution in [0.5, 0.6) is 5.75 Å². The van der Waals surface area contributed by atoms with E-state index in [1.165, 1.54) is 6.20 Å². The highest BCUT2D eigenvalue weighted by Gasteiger charge is 2.20. The summed E-state index contributed by atoms with van der Waals surface area (Å²) < 4.78 is 5.54. The third-order valence-electron chi connectivity index (χ3n) is 3.52. The quantitative estimate of drug-likeness (QED) is 0.786. The molecule has 1 aromatic rings. The van der Waals surface area contributed by atoms with Crippen LogP contribution in [0.3, 0.4) is 0 Å². The molecular weight excluding hydrogens is 256 g/mol. The minimum Gasteiger partial charge on any atom is -0.489 e. The van der Waals surface area contributed by atoms with E-state index >= 15 is 0 Å². The molecule has 98 valence electrons. The lowest BCUT2D eigenvalue weighted by Gasteiger charge is -2.23. The second-order valence-electron chi connectivity index (χ2n) is 4.65. The van der Waals surface area contributed by atoms with E-state index in [9.17, 15) is 4.79 Å². The van der Waals surface area contributed by atoms with Crippen molar-refractivity contribution in [2.45, 2.75) is 0 Å². The van der Waals surface area contributed by atoms with Crippen molar-refractivity contribution in [1.82, 2.24) is 5.01 Å². The predicted octanol–water partition coefficient (Wildman–Crippen LogP) is 0.156. The molecule has 0 amide bonds. The first-order valence-electron chi connectivity index (χ1n) is 6.21. The number of nitrogens with zero attached hydrogens (tertiary/aromatic N) is 2.